The van der Waals surface area contributed by atoms with Crippen molar-refractivity contribution in [2.45, 2.75) is 19.4 Å². The molecule has 5 nitrogen and oxygen atoms in total. The Bertz CT molecular complexity index is 900. The van der Waals surface area contributed by atoms with Crippen LogP contribution in [0.4, 0.5) is 0 Å². The average molecular weight is 393 g/mol. The van der Waals surface area contributed by atoms with Crippen LogP contribution in [0.1, 0.15) is 18.5 Å². The van der Waals surface area contributed by atoms with E-state index in [0.717, 1.165) is 16.9 Å². The molecule has 0 spiro atoms. The van der Waals surface area contributed by atoms with Crippen LogP contribution < -0.4 is 5.32 Å². The summed E-state index contributed by atoms with van der Waals surface area (Å²) in [5, 5.41) is 12.7. The molecule has 0 unspecified atom stereocenters. The highest BCUT2D eigenvalue weighted by Gasteiger charge is 2.20. The van der Waals surface area contributed by atoms with E-state index >= 15 is 0 Å². The van der Waals surface area contributed by atoms with Gasteiger partial charge >= 0.3 is 0 Å². The molecule has 0 bridgehead atoms. The van der Waals surface area contributed by atoms with E-state index in [1.165, 1.54) is 0 Å². The van der Waals surface area contributed by atoms with Crippen molar-refractivity contribution in [2.24, 2.45) is 0 Å². The molecule has 130 valence electrons. The van der Waals surface area contributed by atoms with Gasteiger partial charge in [-0.05, 0) is 54.7 Å². The third-order valence-electron chi connectivity index (χ3n) is 3.84. The molecule has 0 aliphatic rings. The summed E-state index contributed by atoms with van der Waals surface area (Å²) in [6, 6.07) is 11.1. The van der Waals surface area contributed by atoms with Gasteiger partial charge in [-0.2, -0.15) is 5.10 Å². The lowest BCUT2D eigenvalue weighted by molar-refractivity contribution is -0.123. The summed E-state index contributed by atoms with van der Waals surface area (Å²) < 4.78 is 2.18. The van der Waals surface area contributed by atoms with E-state index in [1.807, 2.05) is 48.7 Å². The zero-order valence-corrected chi connectivity index (χ0v) is 15.9. The molecule has 0 radical (unpaired) electrons. The molecule has 0 fully saturated rings. The second kappa shape index (κ2) is 7.95. The second-order valence-corrected chi connectivity index (χ2v) is 7.31. The highest BCUT2D eigenvalue weighted by atomic mass is 35.5. The van der Waals surface area contributed by atoms with Gasteiger partial charge in [0.05, 0.1) is 4.88 Å². The first-order chi connectivity index (χ1) is 12.1. The smallest absolute Gasteiger partial charge is 0.242 e. The van der Waals surface area contributed by atoms with Gasteiger partial charge in [0.1, 0.15) is 6.04 Å². The SMILES string of the molecule is C[C@@H](C(=O)NCCc1ccc(Cl)cc1)n1c(-c2cccs2)n[nH]c1=S. The Morgan fingerprint density at radius 1 is 1.40 bits per heavy atom. The van der Waals surface area contributed by atoms with E-state index in [4.69, 9.17) is 23.8 Å². The monoisotopic (exact) mass is 392 g/mol. The molecule has 0 aliphatic carbocycles. The normalized spacial score (nSPS) is 12.1. The second-order valence-electron chi connectivity index (χ2n) is 5.54. The molecule has 0 saturated carbocycles. The molecule has 25 heavy (non-hydrogen) atoms. The van der Waals surface area contributed by atoms with Gasteiger partial charge in [-0.3, -0.25) is 14.5 Å². The Balaban J connectivity index is 1.66. The largest absolute Gasteiger partial charge is 0.354 e. The zero-order valence-electron chi connectivity index (χ0n) is 13.5. The summed E-state index contributed by atoms with van der Waals surface area (Å²) in [4.78, 5) is 13.5. The molecule has 0 aliphatic heterocycles. The standard InChI is InChI=1S/C17H17ClN4OS2/c1-11(16(23)19-9-8-12-4-6-13(18)7-5-12)22-15(20-21-17(22)24)14-3-2-10-25-14/h2-7,10-11H,8-9H2,1H3,(H,19,23)(H,21,24)/t11-/m0/s1. The molecule has 2 heterocycles. The summed E-state index contributed by atoms with van der Waals surface area (Å²) in [5.41, 5.74) is 1.12. The van der Waals surface area contributed by atoms with Crippen molar-refractivity contribution in [3.05, 3.63) is 57.1 Å². The van der Waals surface area contributed by atoms with Crippen LogP contribution in [0.3, 0.4) is 0 Å². The number of halogens is 1. The molecule has 1 amide bonds. The van der Waals surface area contributed by atoms with Crippen molar-refractivity contribution in [3.8, 4) is 10.7 Å². The lowest BCUT2D eigenvalue weighted by Crippen LogP contribution is -2.32. The third kappa shape index (κ3) is 4.18. The highest BCUT2D eigenvalue weighted by Crippen LogP contribution is 2.25. The van der Waals surface area contributed by atoms with Gasteiger partial charge in [-0.15, -0.1) is 11.3 Å². The first kappa shape index (κ1) is 17.8. The number of aromatic nitrogens is 3. The van der Waals surface area contributed by atoms with E-state index in [-0.39, 0.29) is 5.91 Å². The number of nitrogens with one attached hydrogen (secondary N) is 2. The molecule has 8 heteroatoms. The van der Waals surface area contributed by atoms with Crippen LogP contribution in [0.15, 0.2) is 41.8 Å². The summed E-state index contributed by atoms with van der Waals surface area (Å²) in [6.45, 7) is 2.37. The Morgan fingerprint density at radius 3 is 2.84 bits per heavy atom. The number of amides is 1. The maximum absolute atomic E-state index is 12.5. The van der Waals surface area contributed by atoms with Crippen LogP contribution in [0.2, 0.25) is 5.02 Å². The van der Waals surface area contributed by atoms with Crippen LogP contribution in [0.25, 0.3) is 10.7 Å². The van der Waals surface area contributed by atoms with Gasteiger partial charge in [-0.1, -0.05) is 29.8 Å². The number of hydrogen-bond donors (Lipinski definition) is 2. The van der Waals surface area contributed by atoms with Crippen LogP contribution in [-0.2, 0) is 11.2 Å². The van der Waals surface area contributed by atoms with E-state index in [0.29, 0.717) is 22.2 Å². The minimum atomic E-state index is -0.450. The number of thiophene rings is 1. The maximum atomic E-state index is 12.5. The van der Waals surface area contributed by atoms with Crippen molar-refractivity contribution in [3.63, 3.8) is 0 Å². The number of carbonyl (C=O) groups excluding carboxylic acids is 1. The first-order valence-corrected chi connectivity index (χ1v) is 9.46. The van der Waals surface area contributed by atoms with Gasteiger partial charge in [0.15, 0.2) is 10.6 Å². The lowest BCUT2D eigenvalue weighted by Gasteiger charge is -2.15. The van der Waals surface area contributed by atoms with Crippen molar-refractivity contribution >= 4 is 41.1 Å². The van der Waals surface area contributed by atoms with Crippen LogP contribution in [0, 0.1) is 4.77 Å². The fraction of sp³-hybridized carbons (Fsp3) is 0.235. The first-order valence-electron chi connectivity index (χ1n) is 7.79. The average Bonchev–Trinajstić information content (AvgIpc) is 3.25. The molecule has 2 aromatic heterocycles. The fourth-order valence-corrected chi connectivity index (χ4v) is 3.62. The van der Waals surface area contributed by atoms with E-state index in [1.54, 1.807) is 15.9 Å². The zero-order chi connectivity index (χ0) is 17.8. The molecule has 2 N–H and O–H groups in total. The predicted octanol–water partition coefficient (Wildman–Crippen LogP) is 4.24. The number of rotatable bonds is 6. The van der Waals surface area contributed by atoms with Gasteiger partial charge in [0, 0.05) is 11.6 Å². The quantitative estimate of drug-likeness (QED) is 0.616. The molecule has 1 atom stereocenters. The van der Waals surface area contributed by atoms with E-state index in [2.05, 4.69) is 15.5 Å². The maximum Gasteiger partial charge on any atom is 0.242 e. The number of aromatic amines is 1. The Morgan fingerprint density at radius 2 is 2.16 bits per heavy atom. The molecule has 3 aromatic rings. The summed E-state index contributed by atoms with van der Waals surface area (Å²) in [6.07, 6.45) is 0.740. The van der Waals surface area contributed by atoms with Gasteiger partial charge in [-0.25, -0.2) is 0 Å². The van der Waals surface area contributed by atoms with Crippen molar-refractivity contribution in [1.82, 2.24) is 20.1 Å². The third-order valence-corrected chi connectivity index (χ3v) is 5.24. The Labute approximate surface area is 159 Å². The number of benzene rings is 1. The predicted molar refractivity (Wildman–Crippen MR) is 104 cm³/mol. The van der Waals surface area contributed by atoms with Gasteiger partial charge in [0.2, 0.25) is 5.91 Å². The Kier molecular flexibility index (Phi) is 5.67. The topological polar surface area (TPSA) is 62.7 Å². The van der Waals surface area contributed by atoms with E-state index < -0.39 is 6.04 Å². The minimum absolute atomic E-state index is 0.0933. The minimum Gasteiger partial charge on any atom is -0.354 e. The van der Waals surface area contributed by atoms with Crippen molar-refractivity contribution in [1.29, 1.82) is 0 Å². The van der Waals surface area contributed by atoms with Gasteiger partial charge < -0.3 is 5.32 Å². The molecular weight excluding hydrogens is 376 g/mol. The number of H-pyrrole nitrogens is 1. The van der Waals surface area contributed by atoms with Crippen molar-refractivity contribution in [2.75, 3.05) is 6.54 Å². The molecule has 3 rings (SSSR count). The number of carbonyl (C=O) groups is 1. The molecule has 0 saturated heterocycles. The summed E-state index contributed by atoms with van der Waals surface area (Å²) >= 11 is 12.7. The molecular formula is C17H17ClN4OS2. The lowest BCUT2D eigenvalue weighted by atomic mass is 10.1. The summed E-state index contributed by atoms with van der Waals surface area (Å²) in [7, 11) is 0. The van der Waals surface area contributed by atoms with Gasteiger partial charge in [0.25, 0.3) is 0 Å². The number of nitrogens with zero attached hydrogens (tertiary/aromatic N) is 2. The Hall–Kier alpha value is -1.96. The van der Waals surface area contributed by atoms with Crippen molar-refractivity contribution < 1.29 is 4.79 Å². The highest BCUT2D eigenvalue weighted by molar-refractivity contribution is 7.71. The number of hydrogen-bond acceptors (Lipinski definition) is 4. The summed E-state index contributed by atoms with van der Waals surface area (Å²) in [5.74, 6) is 0.588. The van der Waals surface area contributed by atoms with E-state index in [9.17, 15) is 4.79 Å². The van der Waals surface area contributed by atoms with Crippen LogP contribution >= 0.6 is 35.2 Å². The molecule has 1 aromatic carbocycles. The fourth-order valence-electron chi connectivity index (χ4n) is 2.49. The van der Waals surface area contributed by atoms with Crippen LogP contribution in [0.5, 0.6) is 0 Å². The van der Waals surface area contributed by atoms with Crippen LogP contribution in [-0.4, -0.2) is 27.2 Å².